The van der Waals surface area contributed by atoms with Crippen molar-refractivity contribution in [1.82, 2.24) is 5.32 Å². The lowest BCUT2D eigenvalue weighted by molar-refractivity contribution is -0.137. The van der Waals surface area contributed by atoms with Gasteiger partial charge in [-0.25, -0.2) is 18.0 Å². The number of hydrogen-bond donors (Lipinski definition) is 3. The van der Waals surface area contributed by atoms with Gasteiger partial charge in [-0.15, -0.1) is 0 Å². The maximum atomic E-state index is 13.4. The third kappa shape index (κ3) is 5.33. The molecule has 0 heterocycles. The molecule has 0 aliphatic rings. The Kier molecular flexibility index (Phi) is 5.17. The van der Waals surface area contributed by atoms with Crippen molar-refractivity contribution in [1.29, 1.82) is 0 Å². The summed E-state index contributed by atoms with van der Waals surface area (Å²) in [5.74, 6) is -4.79. The molecule has 0 bridgehead atoms. The predicted octanol–water partition coefficient (Wildman–Crippen LogP) is 2.87. The highest BCUT2D eigenvalue weighted by Gasteiger charge is 2.22. The van der Waals surface area contributed by atoms with Crippen LogP contribution in [0.2, 0.25) is 0 Å². The fourth-order valence-corrected chi connectivity index (χ4v) is 1.56. The third-order valence-electron chi connectivity index (χ3n) is 2.67. The summed E-state index contributed by atoms with van der Waals surface area (Å²) in [7, 11) is 0. The molecule has 1 aromatic rings. The van der Waals surface area contributed by atoms with E-state index in [1.165, 1.54) is 0 Å². The lowest BCUT2D eigenvalue weighted by atomic mass is 9.99. The molecule has 116 valence electrons. The van der Waals surface area contributed by atoms with Gasteiger partial charge in [0, 0.05) is 24.1 Å². The molecule has 2 amide bonds. The van der Waals surface area contributed by atoms with Gasteiger partial charge in [-0.1, -0.05) is 0 Å². The quantitative estimate of drug-likeness (QED) is 0.732. The molecule has 0 saturated carbocycles. The Morgan fingerprint density at radius 1 is 1.14 bits per heavy atom. The maximum absolute atomic E-state index is 13.4. The van der Waals surface area contributed by atoms with Crippen molar-refractivity contribution in [3.63, 3.8) is 0 Å². The molecule has 0 spiro atoms. The van der Waals surface area contributed by atoms with Gasteiger partial charge < -0.3 is 15.7 Å². The van der Waals surface area contributed by atoms with Crippen molar-refractivity contribution in [2.75, 3.05) is 5.32 Å². The van der Waals surface area contributed by atoms with Crippen LogP contribution >= 0.6 is 0 Å². The molecule has 1 aromatic carbocycles. The van der Waals surface area contributed by atoms with E-state index in [1.807, 2.05) is 5.32 Å². The Hall–Kier alpha value is -2.25. The molecule has 0 radical (unpaired) electrons. The van der Waals surface area contributed by atoms with Crippen molar-refractivity contribution in [3.8, 4) is 0 Å². The Morgan fingerprint density at radius 3 is 2.29 bits per heavy atom. The predicted molar refractivity (Wildman–Crippen MR) is 69.4 cm³/mol. The smallest absolute Gasteiger partial charge is 0.319 e. The summed E-state index contributed by atoms with van der Waals surface area (Å²) in [5, 5.41) is 13.1. The van der Waals surface area contributed by atoms with Crippen molar-refractivity contribution >= 4 is 17.7 Å². The van der Waals surface area contributed by atoms with Gasteiger partial charge in [0.15, 0.2) is 11.6 Å². The molecule has 0 saturated heterocycles. The van der Waals surface area contributed by atoms with Gasteiger partial charge >= 0.3 is 12.0 Å². The lowest BCUT2D eigenvalue weighted by Crippen LogP contribution is -2.45. The minimum Gasteiger partial charge on any atom is -0.481 e. The average Bonchev–Trinajstić information content (AvgIpc) is 2.33. The van der Waals surface area contributed by atoms with Crippen LogP contribution in [0.1, 0.15) is 26.7 Å². The second kappa shape index (κ2) is 6.47. The highest BCUT2D eigenvalue weighted by Crippen LogP contribution is 2.19. The third-order valence-corrected chi connectivity index (χ3v) is 2.67. The number of halogens is 3. The summed E-state index contributed by atoms with van der Waals surface area (Å²) in [6.45, 7) is 3.16. The monoisotopic (exact) mass is 304 g/mol. The first-order chi connectivity index (χ1) is 9.60. The minimum absolute atomic E-state index is 0.149. The second-order valence-electron chi connectivity index (χ2n) is 5.10. The van der Waals surface area contributed by atoms with Crippen LogP contribution in [0.4, 0.5) is 23.7 Å². The van der Waals surface area contributed by atoms with Crippen LogP contribution < -0.4 is 10.6 Å². The highest BCUT2D eigenvalue weighted by molar-refractivity contribution is 5.89. The first-order valence-corrected chi connectivity index (χ1v) is 6.06. The zero-order valence-corrected chi connectivity index (χ0v) is 11.5. The highest BCUT2D eigenvalue weighted by atomic mass is 19.2. The topological polar surface area (TPSA) is 78.4 Å². The zero-order valence-electron chi connectivity index (χ0n) is 11.5. The largest absolute Gasteiger partial charge is 0.481 e. The SMILES string of the molecule is CC(C)(CCC(=O)O)NC(=O)Nc1cc(F)c(F)cc1F. The Bertz CT molecular complexity index is 562. The Morgan fingerprint density at radius 2 is 1.71 bits per heavy atom. The number of rotatable bonds is 5. The summed E-state index contributed by atoms with van der Waals surface area (Å²) in [5.41, 5.74) is -1.38. The Balaban J connectivity index is 2.69. The summed E-state index contributed by atoms with van der Waals surface area (Å²) in [6, 6.07) is -0.00930. The van der Waals surface area contributed by atoms with Crippen molar-refractivity contribution in [2.24, 2.45) is 0 Å². The maximum Gasteiger partial charge on any atom is 0.319 e. The molecular formula is C13H15F3N2O3. The van der Waals surface area contributed by atoms with E-state index in [9.17, 15) is 22.8 Å². The number of aliphatic carboxylic acids is 1. The molecular weight excluding hydrogens is 289 g/mol. The number of benzene rings is 1. The van der Waals surface area contributed by atoms with Gasteiger partial charge in [-0.05, 0) is 20.3 Å². The zero-order chi connectivity index (χ0) is 16.2. The fourth-order valence-electron chi connectivity index (χ4n) is 1.56. The number of urea groups is 1. The molecule has 3 N–H and O–H groups in total. The molecule has 0 aliphatic carbocycles. The van der Waals surface area contributed by atoms with Gasteiger partial charge in [-0.2, -0.15) is 0 Å². The normalized spacial score (nSPS) is 11.1. The number of hydrogen-bond acceptors (Lipinski definition) is 2. The fraction of sp³-hybridized carbons (Fsp3) is 0.385. The standard InChI is InChI=1S/C13H15F3N2O3/c1-13(2,4-3-11(19)20)18-12(21)17-10-6-8(15)7(14)5-9(10)16/h5-6H,3-4H2,1-2H3,(H,19,20)(H2,17,18,21). The molecule has 0 aromatic heterocycles. The number of anilines is 1. The van der Waals surface area contributed by atoms with E-state index in [-0.39, 0.29) is 12.8 Å². The van der Waals surface area contributed by atoms with E-state index in [2.05, 4.69) is 5.32 Å². The Labute approximate surface area is 119 Å². The van der Waals surface area contributed by atoms with Crippen molar-refractivity contribution < 1.29 is 27.9 Å². The number of carboxylic acids is 1. The van der Waals surface area contributed by atoms with Gasteiger partial charge in [0.1, 0.15) is 5.82 Å². The van der Waals surface area contributed by atoms with Crippen LogP contribution in [0.15, 0.2) is 12.1 Å². The first kappa shape index (κ1) is 16.8. The van der Waals surface area contributed by atoms with E-state index < -0.39 is 40.7 Å². The van der Waals surface area contributed by atoms with E-state index in [4.69, 9.17) is 5.11 Å². The number of carbonyl (C=O) groups is 2. The summed E-state index contributed by atoms with van der Waals surface area (Å²) in [4.78, 5) is 22.2. The molecule has 5 nitrogen and oxygen atoms in total. The number of carbonyl (C=O) groups excluding carboxylic acids is 1. The van der Waals surface area contributed by atoms with E-state index in [1.54, 1.807) is 13.8 Å². The van der Waals surface area contributed by atoms with Gasteiger partial charge in [0.05, 0.1) is 5.69 Å². The molecule has 0 aliphatic heterocycles. The molecule has 0 unspecified atom stereocenters. The van der Waals surface area contributed by atoms with E-state index in [0.717, 1.165) is 0 Å². The van der Waals surface area contributed by atoms with Crippen LogP contribution in [-0.2, 0) is 4.79 Å². The van der Waals surface area contributed by atoms with Gasteiger partial charge in [-0.3, -0.25) is 4.79 Å². The number of nitrogens with one attached hydrogen (secondary N) is 2. The second-order valence-corrected chi connectivity index (χ2v) is 5.10. The van der Waals surface area contributed by atoms with Crippen molar-refractivity contribution in [2.45, 2.75) is 32.2 Å². The van der Waals surface area contributed by atoms with Gasteiger partial charge in [0.25, 0.3) is 0 Å². The van der Waals surface area contributed by atoms with Crippen LogP contribution in [0.3, 0.4) is 0 Å². The minimum atomic E-state index is -1.36. The summed E-state index contributed by atoms with van der Waals surface area (Å²) >= 11 is 0. The molecule has 0 fully saturated rings. The first-order valence-electron chi connectivity index (χ1n) is 6.06. The number of carboxylic acid groups (broad SMARTS) is 1. The van der Waals surface area contributed by atoms with E-state index >= 15 is 0 Å². The molecule has 0 atom stereocenters. The van der Waals surface area contributed by atoms with E-state index in [0.29, 0.717) is 12.1 Å². The van der Waals surface area contributed by atoms with Crippen LogP contribution in [0, 0.1) is 17.5 Å². The molecule has 21 heavy (non-hydrogen) atoms. The van der Waals surface area contributed by atoms with Crippen LogP contribution in [0.5, 0.6) is 0 Å². The van der Waals surface area contributed by atoms with Gasteiger partial charge in [0.2, 0.25) is 0 Å². The van der Waals surface area contributed by atoms with Crippen LogP contribution in [-0.4, -0.2) is 22.6 Å². The van der Waals surface area contributed by atoms with Crippen LogP contribution in [0.25, 0.3) is 0 Å². The summed E-state index contributed by atoms with van der Waals surface area (Å²) in [6.07, 6.45) is -0.0111. The molecule has 1 rings (SSSR count). The average molecular weight is 304 g/mol. The summed E-state index contributed by atoms with van der Waals surface area (Å²) < 4.78 is 39.1. The lowest BCUT2D eigenvalue weighted by Gasteiger charge is -2.25. The molecule has 8 heteroatoms. The van der Waals surface area contributed by atoms with Crippen molar-refractivity contribution in [3.05, 3.63) is 29.6 Å². The number of amides is 2.